The van der Waals surface area contributed by atoms with Gasteiger partial charge in [0.2, 0.25) is 5.91 Å². The zero-order valence-corrected chi connectivity index (χ0v) is 9.69. The summed E-state index contributed by atoms with van der Waals surface area (Å²) in [6, 6.07) is 7.01. The Morgan fingerprint density at radius 1 is 1.50 bits per heavy atom. The summed E-state index contributed by atoms with van der Waals surface area (Å²) in [5.74, 6) is 0.0712. The smallest absolute Gasteiger partial charge is 0.215 e. The Balaban J connectivity index is 0.000000720. The predicted octanol–water partition coefficient (Wildman–Crippen LogP) is 1.29. The van der Waals surface area contributed by atoms with Gasteiger partial charge in [-0.15, -0.1) is 11.6 Å². The van der Waals surface area contributed by atoms with Gasteiger partial charge in [-0.3, -0.25) is 4.79 Å². The van der Waals surface area contributed by atoms with Gasteiger partial charge in [0, 0.05) is 39.1 Å². The molecule has 3 heteroatoms. The van der Waals surface area contributed by atoms with Crippen LogP contribution in [-0.2, 0) is 43.9 Å². The third-order valence-electron chi connectivity index (χ3n) is 1.78. The second kappa shape index (κ2) is 3.67. The third kappa shape index (κ3) is 1.75. The van der Waals surface area contributed by atoms with Crippen LogP contribution in [-0.4, -0.2) is 5.91 Å². The topological polar surface area (TPSA) is 29.1 Å². The molecule has 1 heterocycles. The molecule has 1 radical (unpaired) electrons. The largest absolute Gasteiger partial charge is 0.379 e. The van der Waals surface area contributed by atoms with Crippen LogP contribution >= 0.6 is 0 Å². The predicted molar refractivity (Wildman–Crippen MR) is 42.3 cm³/mol. The number of anilines is 1. The molecular formula is C9H8NOY-. The summed E-state index contributed by atoms with van der Waals surface area (Å²) >= 11 is 0. The molecule has 0 spiro atoms. The maximum absolute atomic E-state index is 10.9. The first-order chi connectivity index (χ1) is 5.25. The van der Waals surface area contributed by atoms with Crippen LogP contribution in [0.4, 0.5) is 5.69 Å². The minimum atomic E-state index is 0. The molecule has 0 unspecified atom stereocenters. The van der Waals surface area contributed by atoms with E-state index in [0.29, 0.717) is 6.42 Å². The molecule has 2 nitrogen and oxygen atoms in total. The summed E-state index contributed by atoms with van der Waals surface area (Å²) in [6.07, 6.45) is 0.483. The second-order valence-corrected chi connectivity index (χ2v) is 2.76. The molecule has 0 aromatic heterocycles. The van der Waals surface area contributed by atoms with Crippen molar-refractivity contribution in [2.24, 2.45) is 0 Å². The first kappa shape index (κ1) is 9.88. The van der Waals surface area contributed by atoms with E-state index in [4.69, 9.17) is 0 Å². The third-order valence-corrected chi connectivity index (χ3v) is 1.78. The molecule has 0 bridgehead atoms. The number of hydrogen-bond donors (Lipinski definition) is 1. The summed E-state index contributed by atoms with van der Waals surface area (Å²) in [6.45, 7) is 1.98. The number of nitrogens with one attached hydrogen (secondary N) is 1. The monoisotopic (exact) mass is 235 g/mol. The van der Waals surface area contributed by atoms with Crippen LogP contribution in [0, 0.1) is 13.0 Å². The van der Waals surface area contributed by atoms with E-state index in [1.165, 1.54) is 0 Å². The van der Waals surface area contributed by atoms with Crippen molar-refractivity contribution >= 4 is 11.6 Å². The summed E-state index contributed by atoms with van der Waals surface area (Å²) in [5.41, 5.74) is 3.00. The van der Waals surface area contributed by atoms with Crippen molar-refractivity contribution < 1.29 is 37.5 Å². The van der Waals surface area contributed by atoms with E-state index in [-0.39, 0.29) is 38.6 Å². The van der Waals surface area contributed by atoms with Crippen molar-refractivity contribution in [1.82, 2.24) is 0 Å². The van der Waals surface area contributed by atoms with E-state index in [9.17, 15) is 4.79 Å². The van der Waals surface area contributed by atoms with Crippen LogP contribution in [0.1, 0.15) is 11.1 Å². The minimum Gasteiger partial charge on any atom is -0.379 e. The molecule has 1 N–H and O–H groups in total. The van der Waals surface area contributed by atoms with Crippen LogP contribution in [0.5, 0.6) is 0 Å². The van der Waals surface area contributed by atoms with Gasteiger partial charge in [-0.25, -0.2) is 0 Å². The zero-order valence-electron chi connectivity index (χ0n) is 6.85. The van der Waals surface area contributed by atoms with Crippen LogP contribution in [0.25, 0.3) is 0 Å². The standard InChI is InChI=1S/C9H8NO.Y/c1-6-2-3-8-7(4-6)5-9(11)10-8;/h2-3H,5H2,1H3,(H,10,11);/q-1;. The minimum absolute atomic E-state index is 0. The van der Waals surface area contributed by atoms with E-state index in [1.54, 1.807) is 0 Å². The summed E-state index contributed by atoms with van der Waals surface area (Å²) < 4.78 is 0. The van der Waals surface area contributed by atoms with Gasteiger partial charge >= 0.3 is 0 Å². The van der Waals surface area contributed by atoms with Crippen LogP contribution < -0.4 is 5.32 Å². The van der Waals surface area contributed by atoms with Crippen molar-refractivity contribution in [2.45, 2.75) is 13.3 Å². The molecule has 1 aliphatic rings. The fourth-order valence-electron chi connectivity index (χ4n) is 1.27. The normalized spacial score (nSPS) is 13.2. The Bertz CT molecular complexity index is 322. The molecule has 0 fully saturated rings. The van der Waals surface area contributed by atoms with Crippen molar-refractivity contribution in [1.29, 1.82) is 0 Å². The summed E-state index contributed by atoms with van der Waals surface area (Å²) in [5, 5.41) is 2.75. The fraction of sp³-hybridized carbons (Fsp3) is 0.222. The van der Waals surface area contributed by atoms with Crippen molar-refractivity contribution in [3.63, 3.8) is 0 Å². The average Bonchev–Trinajstić information content (AvgIpc) is 2.27. The molecular weight excluding hydrogens is 227 g/mol. The Labute approximate surface area is 96.6 Å². The van der Waals surface area contributed by atoms with E-state index in [0.717, 1.165) is 16.8 Å². The number of benzene rings is 1. The Morgan fingerprint density at radius 2 is 2.25 bits per heavy atom. The van der Waals surface area contributed by atoms with Gasteiger partial charge < -0.3 is 5.32 Å². The number of amides is 1. The first-order valence-electron chi connectivity index (χ1n) is 3.57. The number of hydrogen-bond acceptors (Lipinski definition) is 1. The van der Waals surface area contributed by atoms with Crippen LogP contribution in [0.2, 0.25) is 0 Å². The van der Waals surface area contributed by atoms with Gasteiger partial charge in [0.15, 0.2) is 0 Å². The van der Waals surface area contributed by atoms with Gasteiger partial charge in [-0.2, -0.15) is 17.7 Å². The van der Waals surface area contributed by atoms with Crippen molar-refractivity contribution in [3.05, 3.63) is 29.3 Å². The Hall–Kier alpha value is -0.206. The number of aryl methyl sites for hydroxylation is 1. The van der Waals surface area contributed by atoms with Crippen molar-refractivity contribution in [2.75, 3.05) is 5.32 Å². The van der Waals surface area contributed by atoms with Crippen molar-refractivity contribution in [3.8, 4) is 0 Å². The quantitative estimate of drug-likeness (QED) is 0.674. The molecule has 0 saturated heterocycles. The Kier molecular flexibility index (Phi) is 3.02. The van der Waals surface area contributed by atoms with Gasteiger partial charge in [0.1, 0.15) is 0 Å². The van der Waals surface area contributed by atoms with Crippen LogP contribution in [0.3, 0.4) is 0 Å². The number of carbonyl (C=O) groups is 1. The molecule has 0 aliphatic carbocycles. The molecule has 1 amide bonds. The van der Waals surface area contributed by atoms with Gasteiger partial charge in [0.25, 0.3) is 0 Å². The second-order valence-electron chi connectivity index (χ2n) is 2.76. The SMILES string of the molecule is Cc1[c-]c2c(cc1)NC(=O)C2.[Y]. The first-order valence-corrected chi connectivity index (χ1v) is 3.57. The fourth-order valence-corrected chi connectivity index (χ4v) is 1.27. The molecule has 2 rings (SSSR count). The maximum Gasteiger partial charge on any atom is 0.215 e. The van der Waals surface area contributed by atoms with Crippen LogP contribution in [0.15, 0.2) is 12.1 Å². The molecule has 1 aromatic carbocycles. The molecule has 1 aliphatic heterocycles. The molecule has 1 aromatic rings. The maximum atomic E-state index is 10.9. The van der Waals surface area contributed by atoms with Gasteiger partial charge in [0.05, 0.1) is 0 Å². The molecule has 59 valence electrons. The summed E-state index contributed by atoms with van der Waals surface area (Å²) in [7, 11) is 0. The van der Waals surface area contributed by atoms with E-state index < -0.39 is 0 Å². The molecule has 0 atom stereocenters. The molecule has 0 saturated carbocycles. The van der Waals surface area contributed by atoms with E-state index in [2.05, 4.69) is 11.4 Å². The molecule has 12 heavy (non-hydrogen) atoms. The number of fused-ring (bicyclic) bond motifs is 1. The van der Waals surface area contributed by atoms with Gasteiger partial charge in [-0.05, 0) is 0 Å². The van der Waals surface area contributed by atoms with E-state index >= 15 is 0 Å². The zero-order chi connectivity index (χ0) is 7.84. The summed E-state index contributed by atoms with van der Waals surface area (Å²) in [4.78, 5) is 10.9. The Morgan fingerprint density at radius 3 is 3.00 bits per heavy atom. The van der Waals surface area contributed by atoms with Gasteiger partial charge in [-0.1, -0.05) is 12.6 Å². The number of carbonyl (C=O) groups excluding carboxylic acids is 1. The number of rotatable bonds is 0. The van der Waals surface area contributed by atoms with E-state index in [1.807, 2.05) is 19.1 Å². The average molecular weight is 235 g/mol.